The summed E-state index contributed by atoms with van der Waals surface area (Å²) in [6.07, 6.45) is 2.67. The number of rotatable bonds is 3. The number of cyclic esters (lactones) is 2. The Bertz CT molecular complexity index is 760. The predicted molar refractivity (Wildman–Crippen MR) is 90.7 cm³/mol. The number of carbonyl (C=O) groups excluding carboxylic acids is 3. The van der Waals surface area contributed by atoms with Gasteiger partial charge in [0.1, 0.15) is 0 Å². The van der Waals surface area contributed by atoms with Crippen LogP contribution in [0.5, 0.6) is 0 Å². The molecule has 2 aliphatic rings. The minimum absolute atomic E-state index is 0.0975. The lowest BCUT2D eigenvalue weighted by atomic mass is 10.1. The third-order valence-corrected chi connectivity index (χ3v) is 4.16. The van der Waals surface area contributed by atoms with Crippen molar-refractivity contribution in [2.45, 2.75) is 39.4 Å². The zero-order valence-electron chi connectivity index (χ0n) is 14.4. The number of carbonyl (C=O) groups is 3. The standard InChI is InChI=1S/C18H20N2O5/c1-11-13(6-4-7-14(11)20-9-5-8-15(20)21)19-10-12-16(22)24-18(2,3)25-17(12)23/h4,6-7,10,19H,5,8-9H2,1-3H3. The summed E-state index contributed by atoms with van der Waals surface area (Å²) >= 11 is 0. The Morgan fingerprint density at radius 2 is 1.84 bits per heavy atom. The Labute approximate surface area is 145 Å². The van der Waals surface area contributed by atoms with Crippen LogP contribution in [0.15, 0.2) is 30.0 Å². The van der Waals surface area contributed by atoms with Gasteiger partial charge in [0.2, 0.25) is 5.91 Å². The van der Waals surface area contributed by atoms with E-state index in [-0.39, 0.29) is 11.5 Å². The summed E-state index contributed by atoms with van der Waals surface area (Å²) in [4.78, 5) is 37.6. The molecule has 7 nitrogen and oxygen atoms in total. The van der Waals surface area contributed by atoms with Crippen LogP contribution in [0.3, 0.4) is 0 Å². The zero-order valence-corrected chi connectivity index (χ0v) is 14.4. The molecule has 7 heteroatoms. The minimum atomic E-state index is -1.27. The quantitative estimate of drug-likeness (QED) is 0.514. The van der Waals surface area contributed by atoms with Crippen molar-refractivity contribution in [1.29, 1.82) is 0 Å². The molecule has 0 atom stereocenters. The molecule has 2 fully saturated rings. The highest BCUT2D eigenvalue weighted by atomic mass is 16.7. The molecule has 25 heavy (non-hydrogen) atoms. The Kier molecular flexibility index (Phi) is 4.24. The number of nitrogens with one attached hydrogen (secondary N) is 1. The van der Waals surface area contributed by atoms with Crippen LogP contribution in [0.25, 0.3) is 0 Å². The van der Waals surface area contributed by atoms with E-state index in [9.17, 15) is 14.4 Å². The van der Waals surface area contributed by atoms with Gasteiger partial charge in [-0.15, -0.1) is 0 Å². The summed E-state index contributed by atoms with van der Waals surface area (Å²) in [5.41, 5.74) is 2.16. The van der Waals surface area contributed by atoms with Crippen molar-refractivity contribution in [3.05, 3.63) is 35.5 Å². The van der Waals surface area contributed by atoms with E-state index >= 15 is 0 Å². The van der Waals surface area contributed by atoms with Crippen LogP contribution in [-0.4, -0.2) is 30.2 Å². The molecule has 0 spiro atoms. The largest absolute Gasteiger partial charge is 0.419 e. The number of esters is 2. The Morgan fingerprint density at radius 1 is 1.16 bits per heavy atom. The maximum atomic E-state index is 12.0. The number of hydrogen-bond acceptors (Lipinski definition) is 6. The molecule has 1 aromatic rings. The van der Waals surface area contributed by atoms with Gasteiger partial charge in [-0.2, -0.15) is 0 Å². The van der Waals surface area contributed by atoms with Gasteiger partial charge in [0.05, 0.1) is 0 Å². The van der Waals surface area contributed by atoms with Crippen LogP contribution in [-0.2, 0) is 23.9 Å². The van der Waals surface area contributed by atoms with Crippen LogP contribution in [0.1, 0.15) is 32.3 Å². The normalized spacial score (nSPS) is 19.6. The smallest absolute Gasteiger partial charge is 0.350 e. The fourth-order valence-corrected chi connectivity index (χ4v) is 2.90. The maximum Gasteiger partial charge on any atom is 0.350 e. The minimum Gasteiger partial charge on any atom is -0.419 e. The van der Waals surface area contributed by atoms with E-state index in [0.717, 1.165) is 17.7 Å². The molecule has 1 aromatic carbocycles. The highest BCUT2D eigenvalue weighted by molar-refractivity contribution is 6.15. The van der Waals surface area contributed by atoms with Gasteiger partial charge in [-0.3, -0.25) is 4.79 Å². The van der Waals surface area contributed by atoms with Gasteiger partial charge in [-0.25, -0.2) is 9.59 Å². The second kappa shape index (κ2) is 6.23. The second-order valence-corrected chi connectivity index (χ2v) is 6.48. The van der Waals surface area contributed by atoms with E-state index in [1.807, 2.05) is 19.1 Å². The van der Waals surface area contributed by atoms with Crippen molar-refractivity contribution in [2.24, 2.45) is 0 Å². The molecule has 2 heterocycles. The molecule has 0 unspecified atom stereocenters. The van der Waals surface area contributed by atoms with E-state index in [1.165, 1.54) is 20.0 Å². The van der Waals surface area contributed by atoms with Gasteiger partial charge in [0.25, 0.3) is 5.79 Å². The van der Waals surface area contributed by atoms with Gasteiger partial charge >= 0.3 is 11.9 Å². The van der Waals surface area contributed by atoms with Crippen molar-refractivity contribution >= 4 is 29.2 Å². The molecule has 1 amide bonds. The van der Waals surface area contributed by atoms with Crippen molar-refractivity contribution in [3.8, 4) is 0 Å². The van der Waals surface area contributed by atoms with E-state index in [0.29, 0.717) is 18.7 Å². The topological polar surface area (TPSA) is 84.9 Å². The van der Waals surface area contributed by atoms with Crippen molar-refractivity contribution in [1.82, 2.24) is 0 Å². The first-order valence-electron chi connectivity index (χ1n) is 8.12. The third kappa shape index (κ3) is 3.35. The monoisotopic (exact) mass is 344 g/mol. The number of anilines is 2. The highest BCUT2D eigenvalue weighted by Crippen LogP contribution is 2.30. The number of ether oxygens (including phenoxy) is 2. The van der Waals surface area contributed by atoms with Crippen LogP contribution in [0, 0.1) is 6.92 Å². The fraction of sp³-hybridized carbons (Fsp3) is 0.389. The third-order valence-electron chi connectivity index (χ3n) is 4.16. The van der Waals surface area contributed by atoms with E-state index in [4.69, 9.17) is 9.47 Å². The van der Waals surface area contributed by atoms with Gasteiger partial charge < -0.3 is 19.7 Å². The zero-order chi connectivity index (χ0) is 18.2. The second-order valence-electron chi connectivity index (χ2n) is 6.48. The highest BCUT2D eigenvalue weighted by Gasteiger charge is 2.39. The van der Waals surface area contributed by atoms with Gasteiger partial charge in [-0.1, -0.05) is 6.07 Å². The predicted octanol–water partition coefficient (Wildman–Crippen LogP) is 2.25. The van der Waals surface area contributed by atoms with E-state index in [2.05, 4.69) is 5.32 Å². The van der Waals surface area contributed by atoms with Crippen molar-refractivity contribution < 1.29 is 23.9 Å². The molecule has 0 aromatic heterocycles. The van der Waals surface area contributed by atoms with Gasteiger partial charge in [-0.05, 0) is 31.0 Å². The Balaban J connectivity index is 1.83. The number of hydrogen-bond donors (Lipinski definition) is 1. The molecule has 132 valence electrons. The van der Waals surface area contributed by atoms with E-state index in [1.54, 1.807) is 11.0 Å². The lowest BCUT2D eigenvalue weighted by Gasteiger charge is -2.29. The summed E-state index contributed by atoms with van der Waals surface area (Å²) in [5, 5.41) is 2.95. The summed E-state index contributed by atoms with van der Waals surface area (Å²) in [6.45, 7) is 5.56. The van der Waals surface area contributed by atoms with Gasteiger partial charge in [0.15, 0.2) is 5.57 Å². The lowest BCUT2D eigenvalue weighted by Crippen LogP contribution is -2.42. The average Bonchev–Trinajstić information content (AvgIpc) is 2.93. The van der Waals surface area contributed by atoms with Crippen molar-refractivity contribution in [3.63, 3.8) is 0 Å². The lowest BCUT2D eigenvalue weighted by molar-refractivity contribution is -0.222. The number of amides is 1. The number of benzene rings is 1. The molecule has 0 bridgehead atoms. The maximum absolute atomic E-state index is 12.0. The molecular weight excluding hydrogens is 324 g/mol. The summed E-state index contributed by atoms with van der Waals surface area (Å²) in [6, 6.07) is 5.50. The van der Waals surface area contributed by atoms with E-state index < -0.39 is 17.7 Å². The van der Waals surface area contributed by atoms with Crippen LogP contribution in [0.2, 0.25) is 0 Å². The molecule has 0 saturated carbocycles. The number of nitrogens with zero attached hydrogens (tertiary/aromatic N) is 1. The summed E-state index contributed by atoms with van der Waals surface area (Å²) < 4.78 is 10.1. The summed E-state index contributed by atoms with van der Waals surface area (Å²) in [7, 11) is 0. The first-order valence-corrected chi connectivity index (χ1v) is 8.12. The molecule has 3 rings (SSSR count). The van der Waals surface area contributed by atoms with Crippen LogP contribution in [0.4, 0.5) is 11.4 Å². The SMILES string of the molecule is Cc1c(NC=C2C(=O)OC(C)(C)OC2=O)cccc1N1CCCC1=O. The summed E-state index contributed by atoms with van der Waals surface area (Å²) in [5.74, 6) is -2.65. The van der Waals surface area contributed by atoms with Gasteiger partial charge in [0, 0.05) is 44.4 Å². The van der Waals surface area contributed by atoms with Crippen molar-refractivity contribution in [2.75, 3.05) is 16.8 Å². The molecule has 2 aliphatic heterocycles. The molecule has 2 saturated heterocycles. The molecular formula is C18H20N2O5. The molecule has 1 N–H and O–H groups in total. The van der Waals surface area contributed by atoms with Crippen LogP contribution >= 0.6 is 0 Å². The Hall–Kier alpha value is -2.83. The van der Waals surface area contributed by atoms with Crippen LogP contribution < -0.4 is 10.2 Å². The Morgan fingerprint density at radius 3 is 2.44 bits per heavy atom. The first kappa shape index (κ1) is 17.0. The fourth-order valence-electron chi connectivity index (χ4n) is 2.90. The average molecular weight is 344 g/mol. The molecule has 0 aliphatic carbocycles. The first-order chi connectivity index (χ1) is 11.8. The molecule has 0 radical (unpaired) electrons.